The molecule has 0 unspecified atom stereocenters. The minimum absolute atomic E-state index is 0.310. The van der Waals surface area contributed by atoms with Gasteiger partial charge in [-0.3, -0.25) is 4.79 Å². The first-order chi connectivity index (χ1) is 14.2. The van der Waals surface area contributed by atoms with E-state index in [1.165, 1.54) is 37.5 Å². The Morgan fingerprint density at radius 3 is 2.53 bits per heavy atom. The molecule has 1 aliphatic rings. The lowest BCUT2D eigenvalue weighted by Gasteiger charge is -2.24. The molecule has 0 atom stereocenters. The number of carbonyl (C=O) groups is 1. The van der Waals surface area contributed by atoms with Crippen LogP contribution in [0, 0.1) is 12.8 Å². The highest BCUT2D eigenvalue weighted by Gasteiger charge is 2.32. The number of ether oxygens (including phenoxy) is 1. The van der Waals surface area contributed by atoms with Crippen LogP contribution in [0.3, 0.4) is 0 Å². The van der Waals surface area contributed by atoms with Crippen LogP contribution in [-0.4, -0.2) is 16.8 Å². The summed E-state index contributed by atoms with van der Waals surface area (Å²) in [6, 6.07) is 5.80. The second-order valence-electron chi connectivity index (χ2n) is 8.09. The number of hydrogen-bond donors (Lipinski definition) is 1. The highest BCUT2D eigenvalue weighted by Crippen LogP contribution is 2.37. The molecule has 1 aliphatic carbocycles. The highest BCUT2D eigenvalue weighted by molar-refractivity contribution is 6.02. The number of nitrogens with two attached hydrogens (primary N) is 1. The van der Waals surface area contributed by atoms with Crippen molar-refractivity contribution in [2.75, 3.05) is 0 Å². The number of rotatable bonds is 7. The van der Waals surface area contributed by atoms with Crippen molar-refractivity contribution < 1.29 is 22.7 Å². The van der Waals surface area contributed by atoms with Crippen molar-refractivity contribution in [3.05, 3.63) is 41.2 Å². The van der Waals surface area contributed by atoms with E-state index in [0.29, 0.717) is 29.0 Å². The predicted octanol–water partition coefficient (Wildman–Crippen LogP) is 5.99. The summed E-state index contributed by atoms with van der Waals surface area (Å²) < 4.78 is 44.4. The number of aromatic nitrogens is 1. The van der Waals surface area contributed by atoms with E-state index in [9.17, 15) is 18.0 Å². The molecule has 164 valence electrons. The molecule has 30 heavy (non-hydrogen) atoms. The van der Waals surface area contributed by atoms with Gasteiger partial charge in [-0.05, 0) is 49.8 Å². The van der Waals surface area contributed by atoms with Gasteiger partial charge in [0.1, 0.15) is 5.75 Å². The lowest BCUT2D eigenvalue weighted by Crippen LogP contribution is -2.18. The van der Waals surface area contributed by atoms with Crippen LogP contribution >= 0.6 is 0 Å². The summed E-state index contributed by atoms with van der Waals surface area (Å²) >= 11 is 0. The second-order valence-corrected chi connectivity index (χ2v) is 8.09. The van der Waals surface area contributed by atoms with Crippen molar-refractivity contribution in [1.82, 2.24) is 4.57 Å². The number of hydrogen-bond acceptors (Lipinski definition) is 2. The van der Waals surface area contributed by atoms with Gasteiger partial charge in [0.15, 0.2) is 0 Å². The fourth-order valence-corrected chi connectivity index (χ4v) is 4.63. The quantitative estimate of drug-likeness (QED) is 0.595. The molecule has 1 fully saturated rings. The fourth-order valence-electron chi connectivity index (χ4n) is 4.63. The van der Waals surface area contributed by atoms with E-state index in [-0.39, 0.29) is 5.75 Å². The predicted molar refractivity (Wildman–Crippen MR) is 110 cm³/mol. The van der Waals surface area contributed by atoms with Crippen molar-refractivity contribution >= 4 is 5.91 Å². The van der Waals surface area contributed by atoms with Crippen molar-refractivity contribution in [3.63, 3.8) is 0 Å². The van der Waals surface area contributed by atoms with Crippen LogP contribution in [0.25, 0.3) is 11.1 Å². The lowest BCUT2D eigenvalue weighted by atomic mass is 9.89. The van der Waals surface area contributed by atoms with E-state index in [4.69, 9.17) is 5.73 Å². The third-order valence-electron chi connectivity index (χ3n) is 5.89. The largest absolute Gasteiger partial charge is 0.573 e. The van der Waals surface area contributed by atoms with Crippen LogP contribution in [0.2, 0.25) is 0 Å². The molecule has 4 nitrogen and oxygen atoms in total. The van der Waals surface area contributed by atoms with Crippen LogP contribution in [0.4, 0.5) is 13.2 Å². The molecule has 1 aromatic carbocycles. The molecule has 1 saturated carbocycles. The Balaban J connectivity index is 2.11. The first-order valence-corrected chi connectivity index (χ1v) is 10.6. The van der Waals surface area contributed by atoms with Crippen LogP contribution in [-0.2, 0) is 13.0 Å². The summed E-state index contributed by atoms with van der Waals surface area (Å²) in [5, 5.41) is 0. The van der Waals surface area contributed by atoms with Crippen LogP contribution in [0.1, 0.15) is 67.2 Å². The molecule has 2 aromatic rings. The maximum atomic E-state index is 12.7. The second kappa shape index (κ2) is 9.14. The summed E-state index contributed by atoms with van der Waals surface area (Å²) in [4.78, 5) is 12.4. The Hall–Kier alpha value is -2.44. The van der Waals surface area contributed by atoms with E-state index in [0.717, 1.165) is 37.2 Å². The number of halogens is 3. The number of nitrogens with zero attached hydrogens (tertiary/aromatic N) is 1. The number of primary amides is 1. The average molecular weight is 422 g/mol. The van der Waals surface area contributed by atoms with Gasteiger partial charge >= 0.3 is 6.36 Å². The number of carbonyl (C=O) groups excluding carboxylic acids is 1. The molecule has 1 heterocycles. The number of amides is 1. The Morgan fingerprint density at radius 1 is 1.23 bits per heavy atom. The SMILES string of the molecule is CCCc1c(-c2cccc(OC(F)(F)F)c2)c(C(N)=O)c(C)n1CC1CCCCC1. The Labute approximate surface area is 175 Å². The fraction of sp³-hybridized carbons (Fsp3) is 0.522. The van der Waals surface area contributed by atoms with E-state index < -0.39 is 12.3 Å². The molecule has 0 aliphatic heterocycles. The minimum Gasteiger partial charge on any atom is -0.406 e. The molecule has 2 N–H and O–H groups in total. The van der Waals surface area contributed by atoms with Crippen LogP contribution in [0.15, 0.2) is 24.3 Å². The smallest absolute Gasteiger partial charge is 0.406 e. The summed E-state index contributed by atoms with van der Waals surface area (Å²) in [6.45, 7) is 4.73. The first-order valence-electron chi connectivity index (χ1n) is 10.6. The zero-order valence-electron chi connectivity index (χ0n) is 17.5. The van der Waals surface area contributed by atoms with Crippen molar-refractivity contribution in [2.45, 2.75) is 71.7 Å². The van der Waals surface area contributed by atoms with E-state index in [1.807, 2.05) is 13.8 Å². The van der Waals surface area contributed by atoms with Crippen molar-refractivity contribution in [1.29, 1.82) is 0 Å². The van der Waals surface area contributed by atoms with Crippen molar-refractivity contribution in [3.8, 4) is 16.9 Å². The molecule has 1 amide bonds. The summed E-state index contributed by atoms with van der Waals surface area (Å²) in [7, 11) is 0. The van der Waals surface area contributed by atoms with Gasteiger partial charge in [0.2, 0.25) is 0 Å². The van der Waals surface area contributed by atoms with Crippen LogP contribution in [0.5, 0.6) is 5.75 Å². The Kier molecular flexibility index (Phi) is 6.78. The van der Waals surface area contributed by atoms with E-state index >= 15 is 0 Å². The maximum absolute atomic E-state index is 12.7. The van der Waals surface area contributed by atoms with Gasteiger partial charge in [-0.2, -0.15) is 0 Å². The standard InChI is InChI=1S/C23H29F3N2O2/c1-3-8-19-21(17-11-7-12-18(13-17)30-23(24,25)26)20(22(27)29)15(2)28(19)14-16-9-5-4-6-10-16/h7,11-13,16H,3-6,8-10,14H2,1-2H3,(H2,27,29). The van der Waals surface area contributed by atoms with Gasteiger partial charge < -0.3 is 15.0 Å². The molecule has 0 saturated heterocycles. The number of benzene rings is 1. The van der Waals surface area contributed by atoms with E-state index in [2.05, 4.69) is 9.30 Å². The topological polar surface area (TPSA) is 57.2 Å². The third-order valence-corrected chi connectivity index (χ3v) is 5.89. The molecule has 7 heteroatoms. The van der Waals surface area contributed by atoms with Gasteiger partial charge in [0, 0.05) is 23.5 Å². The molecule has 0 spiro atoms. The minimum atomic E-state index is -4.78. The molecule has 3 rings (SSSR count). The molecule has 0 bridgehead atoms. The van der Waals surface area contributed by atoms with Gasteiger partial charge in [-0.15, -0.1) is 13.2 Å². The van der Waals surface area contributed by atoms with Gasteiger partial charge in [0.05, 0.1) is 5.56 Å². The molecule has 1 aromatic heterocycles. The number of alkyl halides is 3. The van der Waals surface area contributed by atoms with Gasteiger partial charge in [-0.25, -0.2) is 0 Å². The summed E-state index contributed by atoms with van der Waals surface area (Å²) in [5.41, 5.74) is 9.01. The average Bonchev–Trinajstić information content (AvgIpc) is 2.94. The highest BCUT2D eigenvalue weighted by atomic mass is 19.4. The van der Waals surface area contributed by atoms with E-state index in [1.54, 1.807) is 6.07 Å². The van der Waals surface area contributed by atoms with Crippen LogP contribution < -0.4 is 10.5 Å². The van der Waals surface area contributed by atoms with Gasteiger partial charge in [0.25, 0.3) is 5.91 Å². The van der Waals surface area contributed by atoms with Crippen molar-refractivity contribution in [2.24, 2.45) is 11.7 Å². The monoisotopic (exact) mass is 422 g/mol. The normalized spacial score (nSPS) is 15.4. The zero-order valence-corrected chi connectivity index (χ0v) is 17.5. The molecule has 0 radical (unpaired) electrons. The first kappa shape index (κ1) is 22.2. The molecular formula is C23H29F3N2O2. The third kappa shape index (κ3) is 4.99. The maximum Gasteiger partial charge on any atom is 0.573 e. The lowest BCUT2D eigenvalue weighted by molar-refractivity contribution is -0.274. The van der Waals surface area contributed by atoms with Gasteiger partial charge in [-0.1, -0.05) is 44.7 Å². The zero-order chi connectivity index (χ0) is 21.9. The summed E-state index contributed by atoms with van der Waals surface area (Å²) in [5.74, 6) is -0.339. The Morgan fingerprint density at radius 2 is 1.93 bits per heavy atom. The summed E-state index contributed by atoms with van der Waals surface area (Å²) in [6.07, 6.45) is 2.76. The Bertz CT molecular complexity index is 897. The molecular weight excluding hydrogens is 393 g/mol.